The Morgan fingerprint density at radius 2 is 2.23 bits per heavy atom. The van der Waals surface area contributed by atoms with E-state index in [2.05, 4.69) is 9.97 Å². The first-order valence-electron chi connectivity index (χ1n) is 4.19. The van der Waals surface area contributed by atoms with Crippen LogP contribution in [0.15, 0.2) is 36.6 Å². The first-order valence-corrected chi connectivity index (χ1v) is 4.19. The van der Waals surface area contributed by atoms with Gasteiger partial charge in [0.05, 0.1) is 11.9 Å². The summed E-state index contributed by atoms with van der Waals surface area (Å²) in [5.74, 6) is -0.0944. The molecule has 1 aliphatic carbocycles. The van der Waals surface area contributed by atoms with Gasteiger partial charge in [-0.25, -0.2) is 4.39 Å². The van der Waals surface area contributed by atoms with Crippen molar-refractivity contribution in [1.29, 1.82) is 0 Å². The van der Waals surface area contributed by atoms with Gasteiger partial charge >= 0.3 is 0 Å². The van der Waals surface area contributed by atoms with Crippen LogP contribution in [-0.2, 0) is 0 Å². The predicted octanol–water partition coefficient (Wildman–Crippen LogP) is 2.51. The summed E-state index contributed by atoms with van der Waals surface area (Å²) >= 11 is 0. The van der Waals surface area contributed by atoms with E-state index in [1.807, 2.05) is 6.08 Å². The van der Waals surface area contributed by atoms with Crippen molar-refractivity contribution in [3.05, 3.63) is 42.3 Å². The van der Waals surface area contributed by atoms with Crippen molar-refractivity contribution in [2.75, 3.05) is 0 Å². The highest BCUT2D eigenvalue weighted by Crippen LogP contribution is 2.26. The average molecular weight is 176 g/mol. The maximum absolute atomic E-state index is 13.3. The molecule has 1 aromatic heterocycles. The first kappa shape index (κ1) is 8.10. The van der Waals surface area contributed by atoms with Crippen LogP contribution in [0, 0.1) is 0 Å². The molecule has 13 heavy (non-hydrogen) atoms. The van der Waals surface area contributed by atoms with Crippen LogP contribution in [-0.4, -0.2) is 9.97 Å². The van der Waals surface area contributed by atoms with Gasteiger partial charge in [-0.2, -0.15) is 0 Å². The Morgan fingerprint density at radius 1 is 1.31 bits per heavy atom. The Morgan fingerprint density at radius 3 is 2.92 bits per heavy atom. The van der Waals surface area contributed by atoms with E-state index in [9.17, 15) is 4.39 Å². The van der Waals surface area contributed by atoms with Crippen LogP contribution >= 0.6 is 0 Å². The van der Waals surface area contributed by atoms with Gasteiger partial charge in [-0.15, -0.1) is 0 Å². The molecular weight excluding hydrogens is 167 g/mol. The highest BCUT2D eigenvalue weighted by Gasteiger charge is 2.10. The van der Waals surface area contributed by atoms with Crippen LogP contribution < -0.4 is 0 Å². The summed E-state index contributed by atoms with van der Waals surface area (Å²) in [4.78, 5) is 7.94. The number of rotatable bonds is 1. The van der Waals surface area contributed by atoms with Crippen LogP contribution in [0.5, 0.6) is 0 Å². The van der Waals surface area contributed by atoms with E-state index in [-0.39, 0.29) is 5.83 Å². The van der Waals surface area contributed by atoms with Gasteiger partial charge in [-0.05, 0) is 6.42 Å². The molecule has 0 fully saturated rings. The van der Waals surface area contributed by atoms with Crippen molar-refractivity contribution < 1.29 is 4.39 Å². The zero-order chi connectivity index (χ0) is 9.10. The predicted molar refractivity (Wildman–Crippen MR) is 48.4 cm³/mol. The third kappa shape index (κ3) is 1.64. The normalized spacial score (nSPS) is 16.4. The molecule has 0 radical (unpaired) electrons. The Balaban J connectivity index is 2.41. The second kappa shape index (κ2) is 3.47. The van der Waals surface area contributed by atoms with Crippen LogP contribution in [0.25, 0.3) is 5.57 Å². The number of allylic oxidation sites excluding steroid dienone is 4. The molecule has 0 amide bonds. The van der Waals surface area contributed by atoms with Gasteiger partial charge in [0.1, 0.15) is 5.83 Å². The monoisotopic (exact) mass is 176 g/mol. The molecule has 1 aromatic rings. The Labute approximate surface area is 75.8 Å². The van der Waals surface area contributed by atoms with Gasteiger partial charge in [-0.1, -0.05) is 12.2 Å². The van der Waals surface area contributed by atoms with Crippen molar-refractivity contribution in [2.24, 2.45) is 0 Å². The highest BCUT2D eigenvalue weighted by molar-refractivity contribution is 5.73. The van der Waals surface area contributed by atoms with E-state index >= 15 is 0 Å². The van der Waals surface area contributed by atoms with Crippen LogP contribution in [0.4, 0.5) is 4.39 Å². The van der Waals surface area contributed by atoms with Crippen LogP contribution in [0.2, 0.25) is 0 Å². The molecule has 2 nitrogen and oxygen atoms in total. The number of hydrogen-bond donors (Lipinski definition) is 0. The Kier molecular flexibility index (Phi) is 2.17. The summed E-state index contributed by atoms with van der Waals surface area (Å²) < 4.78 is 13.3. The topological polar surface area (TPSA) is 25.8 Å². The molecule has 0 bridgehead atoms. The van der Waals surface area contributed by atoms with E-state index in [4.69, 9.17) is 0 Å². The third-order valence-electron chi connectivity index (χ3n) is 1.95. The minimum Gasteiger partial charge on any atom is -0.261 e. The summed E-state index contributed by atoms with van der Waals surface area (Å²) in [5, 5.41) is 0. The fourth-order valence-electron chi connectivity index (χ4n) is 1.30. The van der Waals surface area contributed by atoms with Crippen molar-refractivity contribution in [3.8, 4) is 0 Å². The number of halogens is 1. The summed E-state index contributed by atoms with van der Waals surface area (Å²) in [6, 6.07) is 0. The number of hydrogen-bond acceptors (Lipinski definition) is 2. The molecule has 66 valence electrons. The average Bonchev–Trinajstić information content (AvgIpc) is 2.20. The second-order valence-electron chi connectivity index (χ2n) is 2.85. The van der Waals surface area contributed by atoms with E-state index in [1.165, 1.54) is 0 Å². The lowest BCUT2D eigenvalue weighted by molar-refractivity contribution is 0.592. The summed E-state index contributed by atoms with van der Waals surface area (Å²) in [6.45, 7) is 0. The number of nitrogens with zero attached hydrogens (tertiary/aromatic N) is 2. The lowest BCUT2D eigenvalue weighted by Gasteiger charge is -2.07. The van der Waals surface area contributed by atoms with E-state index in [0.29, 0.717) is 17.7 Å². The Bertz CT molecular complexity index is 354. The summed E-state index contributed by atoms with van der Waals surface area (Å²) in [7, 11) is 0. The zero-order valence-corrected chi connectivity index (χ0v) is 7.07. The Hall–Kier alpha value is -1.51. The van der Waals surface area contributed by atoms with Gasteiger partial charge in [0.15, 0.2) is 0 Å². The standard InChI is InChI=1S/C10H9FN2/c11-9-4-2-1-3-8(9)10-7-12-5-6-13-10/h1,3,5-7H,2,4H2. The van der Waals surface area contributed by atoms with Gasteiger partial charge in [0.2, 0.25) is 0 Å². The zero-order valence-electron chi connectivity index (χ0n) is 7.07. The van der Waals surface area contributed by atoms with Gasteiger partial charge < -0.3 is 0 Å². The molecule has 0 N–H and O–H groups in total. The lowest BCUT2D eigenvalue weighted by atomic mass is 10.0. The summed E-state index contributed by atoms with van der Waals surface area (Å²) in [5.41, 5.74) is 1.18. The first-order chi connectivity index (χ1) is 6.38. The summed E-state index contributed by atoms with van der Waals surface area (Å²) in [6.07, 6.45) is 9.69. The molecule has 2 rings (SSSR count). The maximum Gasteiger partial charge on any atom is 0.110 e. The minimum absolute atomic E-state index is 0.0944. The largest absolute Gasteiger partial charge is 0.261 e. The van der Waals surface area contributed by atoms with Gasteiger partial charge in [-0.3, -0.25) is 9.97 Å². The molecule has 0 atom stereocenters. The van der Waals surface area contributed by atoms with Crippen molar-refractivity contribution in [2.45, 2.75) is 12.8 Å². The fraction of sp³-hybridized carbons (Fsp3) is 0.200. The van der Waals surface area contributed by atoms with E-state index < -0.39 is 0 Å². The van der Waals surface area contributed by atoms with Crippen molar-refractivity contribution >= 4 is 5.57 Å². The van der Waals surface area contributed by atoms with Gasteiger partial charge in [0, 0.05) is 24.4 Å². The molecular formula is C10H9FN2. The van der Waals surface area contributed by atoms with E-state index in [1.54, 1.807) is 24.7 Å². The molecule has 3 heteroatoms. The van der Waals surface area contributed by atoms with Crippen LogP contribution in [0.3, 0.4) is 0 Å². The SMILES string of the molecule is FC1=C(c2cnccn2)C=CCC1. The number of aromatic nitrogens is 2. The quantitative estimate of drug-likeness (QED) is 0.657. The van der Waals surface area contributed by atoms with E-state index in [0.717, 1.165) is 6.42 Å². The molecule has 1 heterocycles. The molecule has 0 saturated carbocycles. The molecule has 0 aliphatic heterocycles. The molecule has 0 aromatic carbocycles. The van der Waals surface area contributed by atoms with Crippen LogP contribution in [0.1, 0.15) is 18.5 Å². The van der Waals surface area contributed by atoms with Crippen molar-refractivity contribution in [3.63, 3.8) is 0 Å². The minimum atomic E-state index is -0.0944. The molecule has 0 unspecified atom stereocenters. The van der Waals surface area contributed by atoms with Gasteiger partial charge in [0.25, 0.3) is 0 Å². The second-order valence-corrected chi connectivity index (χ2v) is 2.85. The highest BCUT2D eigenvalue weighted by atomic mass is 19.1. The van der Waals surface area contributed by atoms with Crippen molar-refractivity contribution in [1.82, 2.24) is 9.97 Å². The third-order valence-corrected chi connectivity index (χ3v) is 1.95. The lowest BCUT2D eigenvalue weighted by Crippen LogP contribution is -1.93. The molecule has 1 aliphatic rings. The smallest absolute Gasteiger partial charge is 0.110 e. The molecule has 0 saturated heterocycles. The fourth-order valence-corrected chi connectivity index (χ4v) is 1.30. The maximum atomic E-state index is 13.3. The molecule has 0 spiro atoms.